The summed E-state index contributed by atoms with van der Waals surface area (Å²) in [6, 6.07) is 0. The summed E-state index contributed by atoms with van der Waals surface area (Å²) in [5.74, 6) is -0.0217. The van der Waals surface area contributed by atoms with Gasteiger partial charge in [0.2, 0.25) is 0 Å². The number of methoxy groups -OCH3 is 1. The molecule has 2 rings (SSSR count). The van der Waals surface area contributed by atoms with Crippen LogP contribution < -0.4 is 0 Å². The number of halogens is 1. The summed E-state index contributed by atoms with van der Waals surface area (Å²) < 4.78 is 18.2. The summed E-state index contributed by atoms with van der Waals surface area (Å²) in [5, 5.41) is 0. The number of hydrogen-bond donors (Lipinski definition) is 0. The van der Waals surface area contributed by atoms with Crippen molar-refractivity contribution in [2.45, 2.75) is 13.1 Å². The van der Waals surface area contributed by atoms with Crippen molar-refractivity contribution in [3.63, 3.8) is 0 Å². The van der Waals surface area contributed by atoms with E-state index in [0.29, 0.717) is 17.0 Å². The number of rotatable bonds is 1. The van der Waals surface area contributed by atoms with Gasteiger partial charge in [0.1, 0.15) is 5.76 Å². The molecule has 0 spiro atoms. The van der Waals surface area contributed by atoms with Crippen LogP contribution >= 0.6 is 0 Å². The molecule has 4 heteroatoms. The highest BCUT2D eigenvalue weighted by Crippen LogP contribution is 2.24. The molecular formula is C11H10FNO2. The molecule has 0 fully saturated rings. The van der Waals surface area contributed by atoms with Crippen LogP contribution in [0.4, 0.5) is 4.39 Å². The predicted molar refractivity (Wildman–Crippen MR) is 54.3 cm³/mol. The highest BCUT2D eigenvalue weighted by molar-refractivity contribution is 6.31. The second-order valence-electron chi connectivity index (χ2n) is 3.38. The highest BCUT2D eigenvalue weighted by Gasteiger charge is 2.26. The molecule has 0 aromatic heterocycles. The molecule has 0 aromatic rings. The fraction of sp³-hybridized carbons (Fsp3) is 0.273. The lowest BCUT2D eigenvalue weighted by atomic mass is 9.95. The summed E-state index contributed by atoms with van der Waals surface area (Å²) in [7, 11) is 1.39. The number of alkyl halides is 1. The lowest BCUT2D eigenvalue weighted by Crippen LogP contribution is -2.22. The number of allylic oxidation sites excluding steroid dienone is 5. The summed E-state index contributed by atoms with van der Waals surface area (Å²) >= 11 is 0. The van der Waals surface area contributed by atoms with Crippen molar-refractivity contribution in [1.29, 1.82) is 0 Å². The minimum Gasteiger partial charge on any atom is -0.498 e. The van der Waals surface area contributed by atoms with Crippen LogP contribution in [0.3, 0.4) is 0 Å². The van der Waals surface area contributed by atoms with E-state index in [9.17, 15) is 9.18 Å². The first kappa shape index (κ1) is 9.83. The number of ether oxygens (including phenoxy) is 1. The normalized spacial score (nSPS) is 24.7. The van der Waals surface area contributed by atoms with Gasteiger partial charge in [-0.05, 0) is 13.0 Å². The number of carbonyl (C=O) groups excluding carboxylic acids is 1. The van der Waals surface area contributed by atoms with Gasteiger partial charge < -0.3 is 4.74 Å². The Morgan fingerprint density at radius 2 is 2.20 bits per heavy atom. The molecule has 0 radical (unpaired) electrons. The number of aliphatic imine (C=N–C) groups is 1. The molecule has 3 nitrogen and oxygen atoms in total. The smallest absolute Gasteiger partial charge is 0.189 e. The van der Waals surface area contributed by atoms with Crippen LogP contribution in [0.2, 0.25) is 0 Å². The van der Waals surface area contributed by atoms with Crippen molar-refractivity contribution in [2.75, 3.05) is 7.11 Å². The van der Waals surface area contributed by atoms with E-state index in [-0.39, 0.29) is 11.5 Å². The molecule has 0 bridgehead atoms. The van der Waals surface area contributed by atoms with Crippen LogP contribution in [0.1, 0.15) is 6.92 Å². The van der Waals surface area contributed by atoms with Gasteiger partial charge in [-0.15, -0.1) is 0 Å². The molecule has 15 heavy (non-hydrogen) atoms. The van der Waals surface area contributed by atoms with Gasteiger partial charge in [-0.2, -0.15) is 0 Å². The zero-order valence-corrected chi connectivity index (χ0v) is 8.45. The minimum atomic E-state index is -1.36. The molecule has 78 valence electrons. The lowest BCUT2D eigenvalue weighted by molar-refractivity contribution is -0.111. The second kappa shape index (κ2) is 3.46. The molecular weight excluding hydrogens is 197 g/mol. The highest BCUT2D eigenvalue weighted by atomic mass is 19.1. The quantitative estimate of drug-likeness (QED) is 0.656. The van der Waals surface area contributed by atoms with E-state index >= 15 is 0 Å². The number of hydrogen-bond acceptors (Lipinski definition) is 3. The first-order valence-electron chi connectivity index (χ1n) is 4.55. The van der Waals surface area contributed by atoms with Crippen LogP contribution in [0.15, 0.2) is 40.2 Å². The molecule has 1 atom stereocenters. The lowest BCUT2D eigenvalue weighted by Gasteiger charge is -2.19. The maximum absolute atomic E-state index is 13.4. The van der Waals surface area contributed by atoms with E-state index in [0.717, 1.165) is 0 Å². The Hall–Kier alpha value is -1.71. The predicted octanol–water partition coefficient (Wildman–Crippen LogP) is 1.72. The second-order valence-corrected chi connectivity index (χ2v) is 3.38. The third kappa shape index (κ3) is 1.63. The Morgan fingerprint density at radius 3 is 2.87 bits per heavy atom. The Kier molecular flexibility index (Phi) is 2.26. The molecule has 0 N–H and O–H groups in total. The first-order chi connectivity index (χ1) is 7.11. The third-order valence-electron chi connectivity index (χ3n) is 2.28. The Labute approximate surface area is 86.6 Å². The van der Waals surface area contributed by atoms with Crippen LogP contribution in [0.5, 0.6) is 0 Å². The van der Waals surface area contributed by atoms with Gasteiger partial charge in [-0.1, -0.05) is 0 Å². The third-order valence-corrected chi connectivity index (χ3v) is 2.28. The standard InChI is InChI=1S/C11H10FNO2/c1-6-3-10(14)7-4-8(12)11(15-2)5-9(7)13-6/h3-5,8H,1-2H3. The van der Waals surface area contributed by atoms with Gasteiger partial charge >= 0.3 is 0 Å². The maximum Gasteiger partial charge on any atom is 0.189 e. The minimum absolute atomic E-state index is 0.181. The number of carbonyl (C=O) groups is 1. The van der Waals surface area contributed by atoms with Crippen LogP contribution in [-0.2, 0) is 9.53 Å². The largest absolute Gasteiger partial charge is 0.498 e. The molecule has 1 heterocycles. The summed E-state index contributed by atoms with van der Waals surface area (Å²) in [4.78, 5) is 15.7. The molecule has 1 aliphatic carbocycles. The van der Waals surface area contributed by atoms with Crippen molar-refractivity contribution in [3.8, 4) is 0 Å². The van der Waals surface area contributed by atoms with Gasteiger partial charge in [0.15, 0.2) is 12.0 Å². The van der Waals surface area contributed by atoms with Crippen LogP contribution in [0.25, 0.3) is 0 Å². The SMILES string of the molecule is COC1=CC2=NC(C)=CC(=O)C2=CC1F. The van der Waals surface area contributed by atoms with Gasteiger partial charge in [0.05, 0.1) is 12.8 Å². The number of ketones is 1. The summed E-state index contributed by atoms with van der Waals surface area (Å²) in [6.07, 6.45) is 2.74. The van der Waals surface area contributed by atoms with Crippen molar-refractivity contribution in [2.24, 2.45) is 4.99 Å². The van der Waals surface area contributed by atoms with E-state index < -0.39 is 6.17 Å². The average molecular weight is 207 g/mol. The van der Waals surface area contributed by atoms with E-state index in [2.05, 4.69) is 4.99 Å². The average Bonchev–Trinajstić information content (AvgIpc) is 2.18. The van der Waals surface area contributed by atoms with E-state index in [1.165, 1.54) is 25.3 Å². The van der Waals surface area contributed by atoms with Gasteiger partial charge in [-0.25, -0.2) is 4.39 Å². The molecule has 2 aliphatic rings. The van der Waals surface area contributed by atoms with Crippen LogP contribution in [0, 0.1) is 0 Å². The monoisotopic (exact) mass is 207 g/mol. The molecule has 0 saturated heterocycles. The first-order valence-corrected chi connectivity index (χ1v) is 4.55. The molecule has 0 saturated carbocycles. The van der Waals surface area contributed by atoms with E-state index in [1.54, 1.807) is 6.92 Å². The Morgan fingerprint density at radius 1 is 1.47 bits per heavy atom. The maximum atomic E-state index is 13.4. The van der Waals surface area contributed by atoms with Crippen molar-refractivity contribution in [3.05, 3.63) is 35.3 Å². The van der Waals surface area contributed by atoms with Crippen molar-refractivity contribution in [1.82, 2.24) is 0 Å². The molecule has 1 unspecified atom stereocenters. The van der Waals surface area contributed by atoms with E-state index in [1.807, 2.05) is 0 Å². The Balaban J connectivity index is 2.47. The zero-order chi connectivity index (χ0) is 11.0. The topological polar surface area (TPSA) is 38.7 Å². The fourth-order valence-electron chi connectivity index (χ4n) is 1.57. The molecule has 0 aromatic carbocycles. The fourth-order valence-corrected chi connectivity index (χ4v) is 1.57. The van der Waals surface area contributed by atoms with Crippen molar-refractivity contribution < 1.29 is 13.9 Å². The van der Waals surface area contributed by atoms with Gasteiger partial charge in [0, 0.05) is 23.4 Å². The number of fused-ring (bicyclic) bond motifs is 1. The summed E-state index contributed by atoms with van der Waals surface area (Å²) in [5.41, 5.74) is 1.41. The van der Waals surface area contributed by atoms with Crippen LogP contribution in [-0.4, -0.2) is 24.8 Å². The molecule has 0 amide bonds. The van der Waals surface area contributed by atoms with Gasteiger partial charge in [-0.3, -0.25) is 9.79 Å². The summed E-state index contributed by atoms with van der Waals surface area (Å²) in [6.45, 7) is 1.73. The zero-order valence-electron chi connectivity index (χ0n) is 8.45. The van der Waals surface area contributed by atoms with E-state index in [4.69, 9.17) is 4.74 Å². The van der Waals surface area contributed by atoms with Crippen molar-refractivity contribution >= 4 is 11.5 Å². The Bertz CT molecular complexity index is 444. The van der Waals surface area contributed by atoms with Gasteiger partial charge in [0.25, 0.3) is 0 Å². The number of nitrogens with zero attached hydrogens (tertiary/aromatic N) is 1. The molecule has 1 aliphatic heterocycles.